The molecule has 0 bridgehead atoms. The Hall–Kier alpha value is -2.89. The number of fused-ring (bicyclic) bond motifs is 1. The topological polar surface area (TPSA) is 79.5 Å². The van der Waals surface area contributed by atoms with Crippen molar-refractivity contribution in [1.82, 2.24) is 14.6 Å². The van der Waals surface area contributed by atoms with Crippen LogP contribution in [0.2, 0.25) is 0 Å². The van der Waals surface area contributed by atoms with Gasteiger partial charge in [-0.3, -0.25) is 0 Å². The summed E-state index contributed by atoms with van der Waals surface area (Å²) in [5.74, 6) is -0.926. The molecule has 3 aromatic rings. The van der Waals surface area contributed by atoms with Gasteiger partial charge in [0.1, 0.15) is 0 Å². The predicted molar refractivity (Wildman–Crippen MR) is 78.5 cm³/mol. The number of nitrogens with zero attached hydrogens (tertiary/aromatic N) is 3. The number of aromatic carboxylic acids is 1. The minimum absolute atomic E-state index is 0.274. The molecule has 0 amide bonds. The van der Waals surface area contributed by atoms with Crippen molar-refractivity contribution >= 4 is 17.3 Å². The van der Waals surface area contributed by atoms with Gasteiger partial charge in [-0.2, -0.15) is 5.10 Å². The van der Waals surface area contributed by atoms with Crippen LogP contribution < -0.4 is 5.32 Å². The Bertz CT molecular complexity index is 793. The minimum Gasteiger partial charge on any atom is -0.478 e. The highest BCUT2D eigenvalue weighted by Crippen LogP contribution is 2.12. The van der Waals surface area contributed by atoms with Crippen LogP contribution in [0.5, 0.6) is 0 Å². The molecule has 0 aliphatic rings. The van der Waals surface area contributed by atoms with Crippen LogP contribution in [0.3, 0.4) is 0 Å². The van der Waals surface area contributed by atoms with E-state index in [9.17, 15) is 4.79 Å². The molecule has 0 saturated heterocycles. The van der Waals surface area contributed by atoms with Gasteiger partial charge in [0, 0.05) is 36.3 Å². The van der Waals surface area contributed by atoms with Crippen LogP contribution in [-0.2, 0) is 6.54 Å². The van der Waals surface area contributed by atoms with E-state index in [0.29, 0.717) is 6.54 Å². The number of aryl methyl sites for hydroxylation is 1. The summed E-state index contributed by atoms with van der Waals surface area (Å²) < 4.78 is 1.75. The van der Waals surface area contributed by atoms with Crippen molar-refractivity contribution in [3.8, 4) is 0 Å². The smallest absolute Gasteiger partial charge is 0.335 e. The summed E-state index contributed by atoms with van der Waals surface area (Å²) in [6.07, 6.45) is 3.73. The molecule has 0 aliphatic carbocycles. The van der Waals surface area contributed by atoms with E-state index < -0.39 is 5.97 Å². The van der Waals surface area contributed by atoms with Crippen molar-refractivity contribution in [3.05, 3.63) is 59.5 Å². The molecule has 0 fully saturated rings. The van der Waals surface area contributed by atoms with Crippen LogP contribution in [0.15, 0.2) is 42.7 Å². The first-order valence-corrected chi connectivity index (χ1v) is 6.50. The van der Waals surface area contributed by atoms with Crippen LogP contribution in [0.4, 0.5) is 5.69 Å². The van der Waals surface area contributed by atoms with Crippen molar-refractivity contribution < 1.29 is 9.90 Å². The fourth-order valence-corrected chi connectivity index (χ4v) is 2.06. The number of carboxylic acids is 1. The van der Waals surface area contributed by atoms with E-state index in [1.165, 1.54) is 0 Å². The first kappa shape index (κ1) is 13.1. The van der Waals surface area contributed by atoms with Crippen molar-refractivity contribution in [2.24, 2.45) is 0 Å². The van der Waals surface area contributed by atoms with Crippen molar-refractivity contribution in [3.63, 3.8) is 0 Å². The maximum absolute atomic E-state index is 10.8. The maximum Gasteiger partial charge on any atom is 0.335 e. The van der Waals surface area contributed by atoms with E-state index in [1.807, 2.05) is 19.2 Å². The molecule has 6 nitrogen and oxygen atoms in total. The van der Waals surface area contributed by atoms with Gasteiger partial charge in [-0.1, -0.05) is 0 Å². The number of benzene rings is 1. The minimum atomic E-state index is -0.926. The molecule has 1 aromatic carbocycles. The molecule has 2 N–H and O–H groups in total. The summed E-state index contributed by atoms with van der Waals surface area (Å²) in [4.78, 5) is 15.1. The van der Waals surface area contributed by atoms with Gasteiger partial charge in [0.2, 0.25) is 0 Å². The third-order valence-electron chi connectivity index (χ3n) is 3.12. The number of nitrogens with one attached hydrogen (secondary N) is 1. The zero-order chi connectivity index (χ0) is 14.8. The van der Waals surface area contributed by atoms with Crippen LogP contribution in [0.25, 0.3) is 5.65 Å². The monoisotopic (exact) mass is 282 g/mol. The summed E-state index contributed by atoms with van der Waals surface area (Å²) in [6, 6.07) is 8.55. The summed E-state index contributed by atoms with van der Waals surface area (Å²) in [6.45, 7) is 2.52. The summed E-state index contributed by atoms with van der Waals surface area (Å²) >= 11 is 0. The number of hydrogen-bond donors (Lipinski definition) is 2. The van der Waals surface area contributed by atoms with Gasteiger partial charge >= 0.3 is 5.97 Å². The first-order chi connectivity index (χ1) is 10.1. The van der Waals surface area contributed by atoms with E-state index in [-0.39, 0.29) is 5.56 Å². The number of rotatable bonds is 4. The van der Waals surface area contributed by atoms with E-state index in [0.717, 1.165) is 22.6 Å². The second-order valence-corrected chi connectivity index (χ2v) is 4.79. The molecule has 0 spiro atoms. The zero-order valence-electron chi connectivity index (χ0n) is 11.4. The summed E-state index contributed by atoms with van der Waals surface area (Å²) in [5.41, 5.74) is 3.87. The van der Waals surface area contributed by atoms with Crippen molar-refractivity contribution in [1.29, 1.82) is 0 Å². The molecule has 0 atom stereocenters. The Labute approximate surface area is 121 Å². The summed E-state index contributed by atoms with van der Waals surface area (Å²) in [7, 11) is 0. The van der Waals surface area contributed by atoms with E-state index in [4.69, 9.17) is 5.11 Å². The lowest BCUT2D eigenvalue weighted by atomic mass is 10.2. The molecule has 0 unspecified atom stereocenters. The average Bonchev–Trinajstić information content (AvgIpc) is 2.84. The molecule has 2 aromatic heterocycles. The second kappa shape index (κ2) is 5.24. The molecule has 3 rings (SSSR count). The Kier molecular flexibility index (Phi) is 3.27. The maximum atomic E-state index is 10.8. The predicted octanol–water partition coefficient (Wildman–Crippen LogP) is 2.35. The fourth-order valence-electron chi connectivity index (χ4n) is 2.06. The van der Waals surface area contributed by atoms with Crippen molar-refractivity contribution in [2.45, 2.75) is 13.5 Å². The molecule has 2 heterocycles. The molecule has 6 heteroatoms. The standard InChI is InChI=1S/C15H14N4O2/c1-10-6-14-17-8-11(9-19(14)18-10)7-16-13-4-2-12(3-5-13)15(20)21/h2-6,8-9,16H,7H2,1H3,(H,20,21). The molecule has 106 valence electrons. The fraction of sp³-hybridized carbons (Fsp3) is 0.133. The number of aromatic nitrogens is 3. The normalized spacial score (nSPS) is 10.7. The highest BCUT2D eigenvalue weighted by molar-refractivity contribution is 5.87. The van der Waals surface area contributed by atoms with Crippen LogP contribution in [-0.4, -0.2) is 25.7 Å². The number of carbonyl (C=O) groups is 1. The largest absolute Gasteiger partial charge is 0.478 e. The van der Waals surface area contributed by atoms with Gasteiger partial charge in [-0.05, 0) is 31.2 Å². The van der Waals surface area contributed by atoms with E-state index >= 15 is 0 Å². The number of anilines is 1. The molecule has 0 radical (unpaired) electrons. The Morgan fingerprint density at radius 3 is 2.81 bits per heavy atom. The average molecular weight is 282 g/mol. The van der Waals surface area contributed by atoms with Crippen LogP contribution in [0, 0.1) is 6.92 Å². The highest BCUT2D eigenvalue weighted by Gasteiger charge is 2.03. The Balaban J connectivity index is 1.71. The van der Waals surface area contributed by atoms with Gasteiger partial charge in [0.05, 0.1) is 11.3 Å². The van der Waals surface area contributed by atoms with E-state index in [2.05, 4.69) is 15.4 Å². The third kappa shape index (κ3) is 2.84. The molecular formula is C15H14N4O2. The van der Waals surface area contributed by atoms with Gasteiger partial charge in [0.25, 0.3) is 0 Å². The quantitative estimate of drug-likeness (QED) is 0.768. The van der Waals surface area contributed by atoms with Crippen LogP contribution >= 0.6 is 0 Å². The Morgan fingerprint density at radius 2 is 2.10 bits per heavy atom. The zero-order valence-corrected chi connectivity index (χ0v) is 11.4. The molecule has 0 saturated carbocycles. The third-order valence-corrected chi connectivity index (χ3v) is 3.12. The first-order valence-electron chi connectivity index (χ1n) is 6.50. The van der Waals surface area contributed by atoms with E-state index in [1.54, 1.807) is 35.0 Å². The number of carboxylic acid groups (broad SMARTS) is 1. The Morgan fingerprint density at radius 1 is 1.33 bits per heavy atom. The lowest BCUT2D eigenvalue weighted by molar-refractivity contribution is 0.0697. The summed E-state index contributed by atoms with van der Waals surface area (Å²) in [5, 5.41) is 16.4. The van der Waals surface area contributed by atoms with Crippen LogP contribution in [0.1, 0.15) is 21.6 Å². The SMILES string of the molecule is Cc1cc2ncc(CNc3ccc(C(=O)O)cc3)cn2n1. The molecular weight excluding hydrogens is 268 g/mol. The number of hydrogen-bond acceptors (Lipinski definition) is 4. The lowest BCUT2D eigenvalue weighted by Crippen LogP contribution is -2.03. The lowest BCUT2D eigenvalue weighted by Gasteiger charge is -2.06. The van der Waals surface area contributed by atoms with Gasteiger partial charge in [-0.15, -0.1) is 0 Å². The second-order valence-electron chi connectivity index (χ2n) is 4.79. The highest BCUT2D eigenvalue weighted by atomic mass is 16.4. The molecule has 0 aliphatic heterocycles. The van der Waals surface area contributed by atoms with Gasteiger partial charge in [-0.25, -0.2) is 14.3 Å². The molecule has 21 heavy (non-hydrogen) atoms. The van der Waals surface area contributed by atoms with Gasteiger partial charge in [0.15, 0.2) is 5.65 Å². The van der Waals surface area contributed by atoms with Crippen molar-refractivity contribution in [2.75, 3.05) is 5.32 Å². The van der Waals surface area contributed by atoms with Gasteiger partial charge < -0.3 is 10.4 Å².